The Morgan fingerprint density at radius 3 is 2.68 bits per heavy atom. The SMILES string of the molecule is CN=CC(=CN)NC(=O)c1nn(C)c2c1[C@H]1CN(C(=O)N1O)[C@@H]2C(=O)N(C)C. The minimum absolute atomic E-state index is 0.00342. The molecular formula is C16H22N8O4. The van der Waals surface area contributed by atoms with Gasteiger partial charge in [-0.1, -0.05) is 0 Å². The smallest absolute Gasteiger partial charge is 0.345 e. The third kappa shape index (κ3) is 2.78. The van der Waals surface area contributed by atoms with E-state index < -0.39 is 24.0 Å². The van der Waals surface area contributed by atoms with Crippen LogP contribution in [-0.4, -0.2) is 81.6 Å². The molecule has 2 aliphatic rings. The molecule has 2 aliphatic heterocycles. The number of nitrogens with zero attached hydrogens (tertiary/aromatic N) is 6. The maximum atomic E-state index is 12.8. The monoisotopic (exact) mass is 390 g/mol. The first kappa shape index (κ1) is 19.4. The summed E-state index contributed by atoms with van der Waals surface area (Å²) in [6.45, 7) is 0.0640. The molecule has 12 nitrogen and oxygen atoms in total. The van der Waals surface area contributed by atoms with E-state index in [1.165, 1.54) is 33.9 Å². The second kappa shape index (κ2) is 6.96. The van der Waals surface area contributed by atoms with Crippen molar-refractivity contribution in [3.05, 3.63) is 28.8 Å². The van der Waals surface area contributed by atoms with Gasteiger partial charge in [-0.05, 0) is 0 Å². The van der Waals surface area contributed by atoms with Crippen LogP contribution in [0.2, 0.25) is 0 Å². The van der Waals surface area contributed by atoms with Crippen LogP contribution in [0.1, 0.15) is 33.8 Å². The molecule has 4 amide bonds. The number of allylic oxidation sites excluding steroid dienone is 1. The molecule has 0 unspecified atom stereocenters. The molecule has 2 bridgehead atoms. The van der Waals surface area contributed by atoms with E-state index in [4.69, 9.17) is 5.73 Å². The van der Waals surface area contributed by atoms with Gasteiger partial charge in [0.15, 0.2) is 11.7 Å². The number of likely N-dealkylation sites (N-methyl/N-ethyl adjacent to an activating group) is 1. The number of carbonyl (C=O) groups excluding carboxylic acids is 3. The van der Waals surface area contributed by atoms with Crippen molar-refractivity contribution in [3.8, 4) is 0 Å². The van der Waals surface area contributed by atoms with Gasteiger partial charge < -0.3 is 20.9 Å². The summed E-state index contributed by atoms with van der Waals surface area (Å²) in [6.07, 6.45) is 2.54. The number of fused-ring (bicyclic) bond motifs is 4. The van der Waals surface area contributed by atoms with Gasteiger partial charge in [0.2, 0.25) is 0 Å². The van der Waals surface area contributed by atoms with Crippen molar-refractivity contribution in [1.29, 1.82) is 0 Å². The van der Waals surface area contributed by atoms with Crippen LogP contribution >= 0.6 is 0 Å². The van der Waals surface area contributed by atoms with Crippen LogP contribution in [0.3, 0.4) is 0 Å². The molecule has 0 aromatic carbocycles. The third-order valence-corrected chi connectivity index (χ3v) is 4.74. The summed E-state index contributed by atoms with van der Waals surface area (Å²) in [7, 11) is 6.24. The normalized spacial score (nSPS) is 21.3. The first-order valence-corrected chi connectivity index (χ1v) is 8.45. The fourth-order valence-corrected chi connectivity index (χ4v) is 3.50. The van der Waals surface area contributed by atoms with Gasteiger partial charge >= 0.3 is 6.03 Å². The van der Waals surface area contributed by atoms with E-state index >= 15 is 0 Å². The highest BCUT2D eigenvalue weighted by molar-refractivity contribution is 6.00. The second-order valence-corrected chi connectivity index (χ2v) is 6.67. The van der Waals surface area contributed by atoms with Crippen molar-refractivity contribution >= 4 is 24.1 Å². The number of aliphatic imine (C=N–C) groups is 1. The van der Waals surface area contributed by atoms with Crippen LogP contribution in [0.25, 0.3) is 0 Å². The van der Waals surface area contributed by atoms with Crippen molar-refractivity contribution in [2.75, 3.05) is 27.7 Å². The first-order valence-electron chi connectivity index (χ1n) is 8.45. The average molecular weight is 390 g/mol. The van der Waals surface area contributed by atoms with Crippen LogP contribution < -0.4 is 11.1 Å². The van der Waals surface area contributed by atoms with E-state index in [0.29, 0.717) is 16.3 Å². The van der Waals surface area contributed by atoms with Gasteiger partial charge in [0.25, 0.3) is 11.8 Å². The molecule has 1 saturated heterocycles. The molecular weight excluding hydrogens is 368 g/mol. The number of nitrogens with two attached hydrogens (primary N) is 1. The third-order valence-electron chi connectivity index (χ3n) is 4.74. The van der Waals surface area contributed by atoms with Gasteiger partial charge in [-0.3, -0.25) is 24.5 Å². The molecule has 150 valence electrons. The molecule has 4 N–H and O–H groups in total. The van der Waals surface area contributed by atoms with Gasteiger partial charge in [0, 0.05) is 46.2 Å². The molecule has 0 radical (unpaired) electrons. The molecule has 1 aromatic rings. The number of hydrogen-bond acceptors (Lipinski definition) is 7. The summed E-state index contributed by atoms with van der Waals surface area (Å²) in [5.74, 6) is -0.954. The Balaban J connectivity index is 2.12. The zero-order valence-corrected chi connectivity index (χ0v) is 15.9. The molecule has 3 rings (SSSR count). The average Bonchev–Trinajstić information content (AvgIpc) is 3.12. The molecule has 0 aliphatic carbocycles. The zero-order chi connectivity index (χ0) is 20.7. The van der Waals surface area contributed by atoms with Crippen LogP contribution in [0.5, 0.6) is 0 Å². The van der Waals surface area contributed by atoms with E-state index in [1.54, 1.807) is 21.1 Å². The molecule has 3 heterocycles. The largest absolute Gasteiger partial charge is 0.403 e. The number of hydrogen-bond donors (Lipinski definition) is 3. The van der Waals surface area contributed by atoms with E-state index in [-0.39, 0.29) is 23.8 Å². The van der Waals surface area contributed by atoms with Gasteiger partial charge in [-0.25, -0.2) is 4.79 Å². The summed E-state index contributed by atoms with van der Waals surface area (Å²) in [4.78, 5) is 44.5. The predicted molar refractivity (Wildman–Crippen MR) is 97.3 cm³/mol. The summed E-state index contributed by atoms with van der Waals surface area (Å²) < 4.78 is 1.39. The number of urea groups is 1. The van der Waals surface area contributed by atoms with Crippen LogP contribution in [0.15, 0.2) is 16.9 Å². The molecule has 12 heteroatoms. The Morgan fingerprint density at radius 2 is 2.11 bits per heavy atom. The quantitative estimate of drug-likeness (QED) is 0.442. The minimum atomic E-state index is -0.994. The molecule has 2 atom stereocenters. The van der Waals surface area contributed by atoms with Gasteiger partial charge in [-0.15, -0.1) is 0 Å². The van der Waals surface area contributed by atoms with Gasteiger partial charge in [0.1, 0.15) is 6.04 Å². The lowest BCUT2D eigenvalue weighted by atomic mass is 9.94. The van der Waals surface area contributed by atoms with E-state index in [9.17, 15) is 19.6 Å². The summed E-state index contributed by atoms with van der Waals surface area (Å²) >= 11 is 0. The first-order chi connectivity index (χ1) is 13.2. The number of aromatic nitrogens is 2. The summed E-state index contributed by atoms with van der Waals surface area (Å²) in [5.41, 5.74) is 6.45. The Hall–Kier alpha value is -3.41. The Morgan fingerprint density at radius 1 is 1.43 bits per heavy atom. The predicted octanol–water partition coefficient (Wildman–Crippen LogP) is -1.04. The van der Waals surface area contributed by atoms with Crippen molar-refractivity contribution in [1.82, 2.24) is 30.0 Å². The number of amides is 4. The standard InChI is InChI=1S/C16H22N8O4/c1-18-6-8(5-17)19-14(25)11-10-9-7-23(16(27)24(9)28)13(15(26)21(2)3)12(10)22(4)20-11/h5-6,9,13,28H,7,17H2,1-4H3,(H,19,25)/t9-,13+/m1/s1. The van der Waals surface area contributed by atoms with Crippen molar-refractivity contribution in [3.63, 3.8) is 0 Å². The number of aryl methyl sites for hydroxylation is 1. The van der Waals surface area contributed by atoms with Crippen LogP contribution in [-0.2, 0) is 11.8 Å². The fourth-order valence-electron chi connectivity index (χ4n) is 3.50. The second-order valence-electron chi connectivity index (χ2n) is 6.67. The van der Waals surface area contributed by atoms with E-state index in [1.807, 2.05) is 0 Å². The summed E-state index contributed by atoms with van der Waals surface area (Å²) in [6, 6.07) is -2.51. The maximum Gasteiger partial charge on any atom is 0.345 e. The van der Waals surface area contributed by atoms with Gasteiger partial charge in [0.05, 0.1) is 17.9 Å². The molecule has 0 spiro atoms. The van der Waals surface area contributed by atoms with E-state index in [0.717, 1.165) is 0 Å². The zero-order valence-electron chi connectivity index (χ0n) is 15.9. The molecule has 0 saturated carbocycles. The Kier molecular flexibility index (Phi) is 4.81. The fraction of sp³-hybridized carbons (Fsp3) is 0.438. The summed E-state index contributed by atoms with van der Waals surface area (Å²) in [5, 5.41) is 17.6. The molecule has 28 heavy (non-hydrogen) atoms. The number of hydroxylamine groups is 2. The highest BCUT2D eigenvalue weighted by Crippen LogP contribution is 2.44. The van der Waals surface area contributed by atoms with Crippen molar-refractivity contribution in [2.24, 2.45) is 17.8 Å². The Labute approximate surface area is 160 Å². The topological polar surface area (TPSA) is 149 Å². The number of nitrogens with one attached hydrogen (secondary N) is 1. The highest BCUT2D eigenvalue weighted by Gasteiger charge is 2.53. The van der Waals surface area contributed by atoms with Crippen molar-refractivity contribution in [2.45, 2.75) is 12.1 Å². The number of rotatable bonds is 4. The maximum absolute atomic E-state index is 12.8. The van der Waals surface area contributed by atoms with E-state index in [2.05, 4.69) is 15.4 Å². The lowest BCUT2D eigenvalue weighted by Gasteiger charge is -2.31. The van der Waals surface area contributed by atoms with Crippen LogP contribution in [0, 0.1) is 0 Å². The van der Waals surface area contributed by atoms with Gasteiger partial charge in [-0.2, -0.15) is 10.2 Å². The number of carbonyl (C=O) groups is 3. The molecule has 1 aromatic heterocycles. The van der Waals surface area contributed by atoms with Crippen LogP contribution in [0.4, 0.5) is 4.79 Å². The highest BCUT2D eigenvalue weighted by atomic mass is 16.5. The van der Waals surface area contributed by atoms with Crippen molar-refractivity contribution < 1.29 is 19.6 Å². The minimum Gasteiger partial charge on any atom is -0.403 e. The Bertz CT molecular complexity index is 903. The molecule has 1 fully saturated rings. The lowest BCUT2D eigenvalue weighted by molar-refractivity contribution is -0.134. The lowest BCUT2D eigenvalue weighted by Crippen LogP contribution is -2.44.